The predicted molar refractivity (Wildman–Crippen MR) is 53.4 cm³/mol. The molecule has 6 nitrogen and oxygen atoms in total. The highest BCUT2D eigenvalue weighted by Gasteiger charge is 2.38. The van der Waals surface area contributed by atoms with Gasteiger partial charge in [0.15, 0.2) is 0 Å². The number of nitrogens with one attached hydrogen (secondary N) is 1. The molecule has 1 atom stereocenters. The van der Waals surface area contributed by atoms with Gasteiger partial charge in [-0.25, -0.2) is 4.79 Å². The Bertz CT molecular complexity index is 185. The van der Waals surface area contributed by atoms with Crippen LogP contribution in [0, 0.1) is 0 Å². The van der Waals surface area contributed by atoms with Crippen LogP contribution in [0.25, 0.3) is 0 Å². The summed E-state index contributed by atoms with van der Waals surface area (Å²) in [7, 11) is 4.28. The molecule has 0 bridgehead atoms. The van der Waals surface area contributed by atoms with Crippen LogP contribution in [0.15, 0.2) is 0 Å². The van der Waals surface area contributed by atoms with Gasteiger partial charge in [-0.3, -0.25) is 0 Å². The Balaban J connectivity index is 4.37. The summed E-state index contributed by atoms with van der Waals surface area (Å²) in [4.78, 5) is 11.1. The Morgan fingerprint density at radius 1 is 1.27 bits per heavy atom. The van der Waals surface area contributed by atoms with E-state index in [2.05, 4.69) is 5.32 Å². The number of hydrogen-bond acceptors (Lipinski definition) is 5. The van der Waals surface area contributed by atoms with Gasteiger partial charge in [0.05, 0.1) is 6.61 Å². The van der Waals surface area contributed by atoms with Crippen molar-refractivity contribution in [3.63, 3.8) is 0 Å². The Morgan fingerprint density at radius 2 is 1.73 bits per heavy atom. The summed E-state index contributed by atoms with van der Waals surface area (Å²) in [5.74, 6) is -1.30. The van der Waals surface area contributed by atoms with Gasteiger partial charge in [-0.15, -0.1) is 0 Å². The van der Waals surface area contributed by atoms with Gasteiger partial charge in [0.2, 0.25) is 0 Å². The fraction of sp³-hybridized carbons (Fsp3) is 0.889. The van der Waals surface area contributed by atoms with E-state index in [1.165, 1.54) is 21.3 Å². The zero-order chi connectivity index (χ0) is 11.9. The third-order valence-corrected chi connectivity index (χ3v) is 1.99. The lowest BCUT2D eigenvalue weighted by Gasteiger charge is -2.34. The largest absolute Gasteiger partial charge is 0.450 e. The van der Waals surface area contributed by atoms with Crippen LogP contribution in [-0.4, -0.2) is 46.0 Å². The van der Waals surface area contributed by atoms with Crippen molar-refractivity contribution < 1.29 is 23.7 Å². The van der Waals surface area contributed by atoms with Crippen molar-refractivity contribution in [2.75, 3.05) is 27.9 Å². The average Bonchev–Trinajstić information content (AvgIpc) is 2.21. The lowest BCUT2D eigenvalue weighted by atomic mass is 10.3. The molecule has 0 saturated heterocycles. The maximum absolute atomic E-state index is 11.1. The van der Waals surface area contributed by atoms with Crippen LogP contribution in [0.1, 0.15) is 13.8 Å². The number of alkyl carbamates (subject to hydrolysis) is 1. The Morgan fingerprint density at radius 3 is 2.07 bits per heavy atom. The van der Waals surface area contributed by atoms with E-state index in [9.17, 15) is 4.79 Å². The monoisotopic (exact) mass is 221 g/mol. The van der Waals surface area contributed by atoms with Crippen LogP contribution in [0.4, 0.5) is 4.79 Å². The molecular weight excluding hydrogens is 202 g/mol. The van der Waals surface area contributed by atoms with Gasteiger partial charge < -0.3 is 24.3 Å². The molecule has 0 aliphatic carbocycles. The smallest absolute Gasteiger partial charge is 0.407 e. The number of methoxy groups -OCH3 is 3. The lowest BCUT2D eigenvalue weighted by Crippen LogP contribution is -2.54. The maximum atomic E-state index is 11.1. The Labute approximate surface area is 89.8 Å². The minimum Gasteiger partial charge on any atom is -0.450 e. The molecule has 1 amide bonds. The normalized spacial score (nSPS) is 13.4. The van der Waals surface area contributed by atoms with E-state index in [1.807, 2.05) is 0 Å². The first-order valence-corrected chi connectivity index (χ1v) is 4.65. The van der Waals surface area contributed by atoms with Crippen molar-refractivity contribution in [2.24, 2.45) is 0 Å². The molecule has 0 fully saturated rings. The van der Waals surface area contributed by atoms with Crippen LogP contribution in [0.5, 0.6) is 0 Å². The number of amides is 1. The molecule has 0 radical (unpaired) electrons. The topological polar surface area (TPSA) is 66.0 Å². The highest BCUT2D eigenvalue weighted by atomic mass is 16.9. The molecular formula is C9H19NO5. The molecule has 0 saturated carbocycles. The average molecular weight is 221 g/mol. The predicted octanol–water partition coefficient (Wildman–Crippen LogP) is 0.714. The second-order valence-electron chi connectivity index (χ2n) is 2.80. The minimum absolute atomic E-state index is 0.304. The van der Waals surface area contributed by atoms with E-state index in [4.69, 9.17) is 18.9 Å². The van der Waals surface area contributed by atoms with Gasteiger partial charge in [-0.1, -0.05) is 0 Å². The number of carbonyl (C=O) groups is 1. The minimum atomic E-state index is -1.30. The fourth-order valence-electron chi connectivity index (χ4n) is 1.22. The second kappa shape index (κ2) is 6.60. The summed E-state index contributed by atoms with van der Waals surface area (Å²) in [5.41, 5.74) is 0. The summed E-state index contributed by atoms with van der Waals surface area (Å²) in [5, 5.41) is 2.54. The van der Waals surface area contributed by atoms with Crippen molar-refractivity contribution in [2.45, 2.75) is 25.9 Å². The van der Waals surface area contributed by atoms with Crippen molar-refractivity contribution in [3.8, 4) is 0 Å². The number of carbonyl (C=O) groups excluding carboxylic acids is 1. The molecule has 1 unspecified atom stereocenters. The van der Waals surface area contributed by atoms with Gasteiger partial charge in [0.1, 0.15) is 6.04 Å². The van der Waals surface area contributed by atoms with Gasteiger partial charge in [-0.2, -0.15) is 0 Å². The summed E-state index contributed by atoms with van der Waals surface area (Å²) >= 11 is 0. The quantitative estimate of drug-likeness (QED) is 0.669. The van der Waals surface area contributed by atoms with Crippen LogP contribution < -0.4 is 5.32 Å². The fourth-order valence-corrected chi connectivity index (χ4v) is 1.22. The molecule has 0 rings (SSSR count). The standard InChI is InChI=1S/C9H19NO5/c1-6-15-8(11)10-7(2)9(12-3,13-4)14-5/h7H,6H2,1-5H3,(H,10,11). The van der Waals surface area contributed by atoms with Crippen LogP contribution in [0.2, 0.25) is 0 Å². The Kier molecular flexibility index (Phi) is 6.23. The van der Waals surface area contributed by atoms with E-state index in [0.29, 0.717) is 6.61 Å². The van der Waals surface area contributed by atoms with Gasteiger partial charge in [0.25, 0.3) is 0 Å². The molecule has 0 aromatic carbocycles. The molecule has 6 heteroatoms. The first-order valence-electron chi connectivity index (χ1n) is 4.65. The zero-order valence-electron chi connectivity index (χ0n) is 9.83. The van der Waals surface area contributed by atoms with E-state index in [0.717, 1.165) is 0 Å². The van der Waals surface area contributed by atoms with E-state index in [1.54, 1.807) is 13.8 Å². The van der Waals surface area contributed by atoms with E-state index < -0.39 is 18.1 Å². The van der Waals surface area contributed by atoms with E-state index in [-0.39, 0.29) is 0 Å². The van der Waals surface area contributed by atoms with Gasteiger partial charge in [0, 0.05) is 21.3 Å². The van der Waals surface area contributed by atoms with Crippen molar-refractivity contribution in [3.05, 3.63) is 0 Å². The highest BCUT2D eigenvalue weighted by molar-refractivity contribution is 5.67. The van der Waals surface area contributed by atoms with Gasteiger partial charge in [-0.05, 0) is 13.8 Å². The Hall–Kier alpha value is -0.850. The molecule has 15 heavy (non-hydrogen) atoms. The summed E-state index contributed by atoms with van der Waals surface area (Å²) in [6.07, 6.45) is -0.541. The van der Waals surface area contributed by atoms with Crippen molar-refractivity contribution in [1.82, 2.24) is 5.32 Å². The van der Waals surface area contributed by atoms with Crippen LogP contribution >= 0.6 is 0 Å². The summed E-state index contributed by atoms with van der Waals surface area (Å²) < 4.78 is 19.9. The SMILES string of the molecule is CCOC(=O)NC(C)C(OC)(OC)OC. The van der Waals surface area contributed by atoms with Crippen molar-refractivity contribution >= 4 is 6.09 Å². The molecule has 0 spiro atoms. The maximum Gasteiger partial charge on any atom is 0.407 e. The molecule has 0 aromatic rings. The molecule has 0 heterocycles. The molecule has 0 aromatic heterocycles. The number of hydrogen-bond donors (Lipinski definition) is 1. The molecule has 1 N–H and O–H groups in total. The number of rotatable bonds is 6. The zero-order valence-corrected chi connectivity index (χ0v) is 9.83. The van der Waals surface area contributed by atoms with Gasteiger partial charge >= 0.3 is 12.1 Å². The lowest BCUT2D eigenvalue weighted by molar-refractivity contribution is -0.362. The first kappa shape index (κ1) is 14.2. The molecule has 90 valence electrons. The second-order valence-corrected chi connectivity index (χ2v) is 2.80. The third kappa shape index (κ3) is 3.65. The van der Waals surface area contributed by atoms with Crippen LogP contribution in [0.3, 0.4) is 0 Å². The molecule has 0 aliphatic heterocycles. The summed E-state index contributed by atoms with van der Waals surface area (Å²) in [6, 6.07) is -0.503. The van der Waals surface area contributed by atoms with Crippen molar-refractivity contribution in [1.29, 1.82) is 0 Å². The summed E-state index contributed by atoms with van der Waals surface area (Å²) in [6.45, 7) is 3.71. The first-order chi connectivity index (χ1) is 7.06. The highest BCUT2D eigenvalue weighted by Crippen LogP contribution is 2.17. The van der Waals surface area contributed by atoms with Crippen LogP contribution in [-0.2, 0) is 18.9 Å². The van der Waals surface area contributed by atoms with E-state index >= 15 is 0 Å². The molecule has 0 aliphatic rings. The third-order valence-electron chi connectivity index (χ3n) is 1.99. The number of ether oxygens (including phenoxy) is 4.